The summed E-state index contributed by atoms with van der Waals surface area (Å²) < 4.78 is 13.5. The minimum atomic E-state index is -0.266. The minimum absolute atomic E-state index is 0.0110. The summed E-state index contributed by atoms with van der Waals surface area (Å²) in [4.78, 5) is 16.7. The summed E-state index contributed by atoms with van der Waals surface area (Å²) >= 11 is 1.73. The largest absolute Gasteiger partial charge is 0.327 e. The molecule has 3 aromatic carbocycles. The zero-order chi connectivity index (χ0) is 19.1. The minimum Gasteiger partial charge on any atom is -0.327 e. The van der Waals surface area contributed by atoms with Crippen molar-refractivity contribution in [2.75, 3.05) is 6.54 Å². The fourth-order valence-electron chi connectivity index (χ4n) is 4.03. The summed E-state index contributed by atoms with van der Waals surface area (Å²) in [6.45, 7) is 0.654. The Bertz CT molecular complexity index is 1160. The molecule has 4 aromatic rings. The number of hydrogen-bond acceptors (Lipinski definition) is 2. The van der Waals surface area contributed by atoms with Crippen LogP contribution in [0.1, 0.15) is 32.4 Å². The van der Waals surface area contributed by atoms with Gasteiger partial charge in [-0.15, -0.1) is 11.3 Å². The van der Waals surface area contributed by atoms with Crippen LogP contribution in [-0.2, 0) is 6.42 Å². The second-order valence-corrected chi connectivity index (χ2v) is 8.06. The van der Waals surface area contributed by atoms with Gasteiger partial charge in [-0.1, -0.05) is 42.5 Å². The first-order valence-corrected chi connectivity index (χ1v) is 10.2. The fraction of sp³-hybridized carbons (Fsp3) is 0.125. The van der Waals surface area contributed by atoms with Gasteiger partial charge in [0.2, 0.25) is 0 Å². The molecule has 0 fully saturated rings. The van der Waals surface area contributed by atoms with Gasteiger partial charge in [0.25, 0.3) is 5.91 Å². The standard InChI is InChI=1S/C24H18FNOS/c25-20-9-7-17(8-10-20)23-21-12-14-28-22(21)11-13-26(23)24(27)19-6-5-16-3-1-2-4-18(16)15-19/h1-10,12,14-15,23H,11,13H2/t23-/m0/s1. The van der Waals surface area contributed by atoms with Crippen LogP contribution in [0.2, 0.25) is 0 Å². The van der Waals surface area contributed by atoms with E-state index in [1.54, 1.807) is 23.5 Å². The maximum Gasteiger partial charge on any atom is 0.254 e. The highest BCUT2D eigenvalue weighted by atomic mass is 32.1. The molecular formula is C24H18FNOS. The lowest BCUT2D eigenvalue weighted by Gasteiger charge is -2.36. The first-order chi connectivity index (χ1) is 13.7. The lowest BCUT2D eigenvalue weighted by Crippen LogP contribution is -2.40. The van der Waals surface area contributed by atoms with Crippen molar-refractivity contribution in [1.29, 1.82) is 0 Å². The molecule has 1 amide bonds. The molecule has 138 valence electrons. The van der Waals surface area contributed by atoms with E-state index in [2.05, 4.69) is 11.4 Å². The van der Waals surface area contributed by atoms with E-state index >= 15 is 0 Å². The van der Waals surface area contributed by atoms with E-state index in [-0.39, 0.29) is 17.8 Å². The molecule has 0 spiro atoms. The predicted molar refractivity (Wildman–Crippen MR) is 111 cm³/mol. The quantitative estimate of drug-likeness (QED) is 0.424. The van der Waals surface area contributed by atoms with Crippen LogP contribution in [0.25, 0.3) is 10.8 Å². The van der Waals surface area contributed by atoms with Crippen molar-refractivity contribution in [3.63, 3.8) is 0 Å². The Hall–Kier alpha value is -2.98. The van der Waals surface area contributed by atoms with Gasteiger partial charge in [-0.25, -0.2) is 4.39 Å². The van der Waals surface area contributed by atoms with Crippen molar-refractivity contribution in [2.24, 2.45) is 0 Å². The van der Waals surface area contributed by atoms with E-state index < -0.39 is 0 Å². The van der Waals surface area contributed by atoms with Crippen LogP contribution in [-0.4, -0.2) is 17.4 Å². The predicted octanol–water partition coefficient (Wildman–Crippen LogP) is 5.83. The monoisotopic (exact) mass is 387 g/mol. The average molecular weight is 387 g/mol. The number of hydrogen-bond donors (Lipinski definition) is 0. The molecular weight excluding hydrogens is 369 g/mol. The Morgan fingerprint density at radius 1 is 0.964 bits per heavy atom. The molecule has 2 heterocycles. The van der Waals surface area contributed by atoms with E-state index in [1.165, 1.54) is 17.0 Å². The Balaban J connectivity index is 1.58. The van der Waals surface area contributed by atoms with Crippen LogP contribution in [0.3, 0.4) is 0 Å². The van der Waals surface area contributed by atoms with Crippen molar-refractivity contribution in [2.45, 2.75) is 12.5 Å². The van der Waals surface area contributed by atoms with Gasteiger partial charge in [-0.2, -0.15) is 0 Å². The van der Waals surface area contributed by atoms with Gasteiger partial charge in [0.05, 0.1) is 6.04 Å². The van der Waals surface area contributed by atoms with Gasteiger partial charge in [0, 0.05) is 17.0 Å². The molecule has 1 aromatic heterocycles. The van der Waals surface area contributed by atoms with Crippen molar-refractivity contribution in [1.82, 2.24) is 4.90 Å². The molecule has 5 rings (SSSR count). The number of carbonyl (C=O) groups excluding carboxylic acids is 1. The maximum absolute atomic E-state index is 13.5. The second kappa shape index (κ2) is 6.88. The zero-order valence-corrected chi connectivity index (χ0v) is 16.0. The summed E-state index contributed by atoms with van der Waals surface area (Å²) in [6, 6.07) is 22.3. The summed E-state index contributed by atoms with van der Waals surface area (Å²) in [7, 11) is 0. The van der Waals surface area contributed by atoms with Crippen molar-refractivity contribution in [3.8, 4) is 0 Å². The number of benzene rings is 3. The molecule has 1 aliphatic rings. The summed E-state index contributed by atoms with van der Waals surface area (Å²) in [5.74, 6) is -0.255. The number of nitrogens with zero attached hydrogens (tertiary/aromatic N) is 1. The highest BCUT2D eigenvalue weighted by molar-refractivity contribution is 7.10. The average Bonchev–Trinajstić information content (AvgIpc) is 3.22. The van der Waals surface area contributed by atoms with E-state index in [0.717, 1.165) is 28.3 Å². The molecule has 4 heteroatoms. The molecule has 0 radical (unpaired) electrons. The molecule has 2 nitrogen and oxygen atoms in total. The van der Waals surface area contributed by atoms with Crippen LogP contribution in [0.5, 0.6) is 0 Å². The van der Waals surface area contributed by atoms with Gasteiger partial charge in [0.1, 0.15) is 5.82 Å². The van der Waals surface area contributed by atoms with Crippen LogP contribution < -0.4 is 0 Å². The normalized spacial score (nSPS) is 16.2. The van der Waals surface area contributed by atoms with Gasteiger partial charge in [0.15, 0.2) is 0 Å². The summed E-state index contributed by atoms with van der Waals surface area (Å²) in [5, 5.41) is 4.25. The molecule has 0 saturated heterocycles. The van der Waals surface area contributed by atoms with Gasteiger partial charge in [-0.05, 0) is 64.0 Å². The molecule has 1 atom stereocenters. The van der Waals surface area contributed by atoms with E-state index in [1.807, 2.05) is 47.4 Å². The summed E-state index contributed by atoms with van der Waals surface area (Å²) in [6.07, 6.45) is 0.851. The molecule has 0 aliphatic carbocycles. The molecule has 0 N–H and O–H groups in total. The zero-order valence-electron chi connectivity index (χ0n) is 15.1. The fourth-order valence-corrected chi connectivity index (χ4v) is 4.93. The maximum atomic E-state index is 13.5. The lowest BCUT2D eigenvalue weighted by atomic mass is 9.92. The van der Waals surface area contributed by atoms with E-state index in [9.17, 15) is 9.18 Å². The first-order valence-electron chi connectivity index (χ1n) is 9.32. The van der Waals surface area contributed by atoms with Crippen LogP contribution in [0.15, 0.2) is 78.2 Å². The Morgan fingerprint density at radius 3 is 2.57 bits per heavy atom. The first kappa shape index (κ1) is 17.1. The SMILES string of the molecule is O=C(c1ccc2ccccc2c1)N1CCc2sccc2[C@@H]1c1ccc(F)cc1. The third-order valence-electron chi connectivity index (χ3n) is 5.41. The molecule has 28 heavy (non-hydrogen) atoms. The number of fused-ring (bicyclic) bond motifs is 2. The second-order valence-electron chi connectivity index (χ2n) is 7.06. The smallest absolute Gasteiger partial charge is 0.254 e. The van der Waals surface area contributed by atoms with Crippen LogP contribution in [0, 0.1) is 5.82 Å². The van der Waals surface area contributed by atoms with Crippen LogP contribution in [0.4, 0.5) is 4.39 Å². The molecule has 1 aliphatic heterocycles. The van der Waals surface area contributed by atoms with Crippen LogP contribution >= 0.6 is 11.3 Å². The summed E-state index contributed by atoms with van der Waals surface area (Å²) in [5.41, 5.74) is 2.77. The van der Waals surface area contributed by atoms with E-state index in [4.69, 9.17) is 0 Å². The Kier molecular flexibility index (Phi) is 4.21. The third kappa shape index (κ3) is 2.90. The van der Waals surface area contributed by atoms with Gasteiger partial charge in [-0.3, -0.25) is 4.79 Å². The number of amides is 1. The molecule has 0 saturated carbocycles. The highest BCUT2D eigenvalue weighted by Gasteiger charge is 2.33. The van der Waals surface area contributed by atoms with Crippen molar-refractivity contribution >= 4 is 28.0 Å². The Morgan fingerprint density at radius 2 is 1.75 bits per heavy atom. The van der Waals surface area contributed by atoms with Gasteiger partial charge < -0.3 is 4.90 Å². The van der Waals surface area contributed by atoms with Crippen molar-refractivity contribution in [3.05, 3.63) is 106 Å². The Labute approximate surface area is 166 Å². The number of halogens is 1. The third-order valence-corrected chi connectivity index (χ3v) is 6.41. The van der Waals surface area contributed by atoms with Gasteiger partial charge >= 0.3 is 0 Å². The molecule has 0 unspecified atom stereocenters. The number of thiophene rings is 1. The number of rotatable bonds is 2. The molecule has 0 bridgehead atoms. The lowest BCUT2D eigenvalue weighted by molar-refractivity contribution is 0.0696. The van der Waals surface area contributed by atoms with E-state index in [0.29, 0.717) is 12.1 Å². The topological polar surface area (TPSA) is 20.3 Å². The highest BCUT2D eigenvalue weighted by Crippen LogP contribution is 2.38. The number of carbonyl (C=O) groups is 1. The van der Waals surface area contributed by atoms with Crippen molar-refractivity contribution < 1.29 is 9.18 Å².